The summed E-state index contributed by atoms with van der Waals surface area (Å²) in [6, 6.07) is 9.34. The predicted molar refractivity (Wildman–Crippen MR) is 85.2 cm³/mol. The summed E-state index contributed by atoms with van der Waals surface area (Å²) in [6.07, 6.45) is 10.7. The molecular formula is C19H25NO. The molecule has 0 bridgehead atoms. The lowest BCUT2D eigenvalue weighted by Gasteiger charge is -2.29. The standard InChI is InChI=1S/C19H25NO/c1-2-3-4-5-15-6-8-16(9-7-15)17-10-12-18(13-11-17)19(21)14-20/h10-13,15-16H,2-9H2,1H3. The minimum atomic E-state index is -0.443. The molecule has 2 heteroatoms. The molecule has 0 aliphatic heterocycles. The van der Waals surface area contributed by atoms with Crippen molar-refractivity contribution in [2.24, 2.45) is 5.92 Å². The van der Waals surface area contributed by atoms with Crippen LogP contribution in [-0.4, -0.2) is 5.78 Å². The van der Waals surface area contributed by atoms with Crippen molar-refractivity contribution in [1.29, 1.82) is 5.26 Å². The summed E-state index contributed by atoms with van der Waals surface area (Å²) < 4.78 is 0. The number of hydrogen-bond donors (Lipinski definition) is 0. The first kappa shape index (κ1) is 15.8. The summed E-state index contributed by atoms with van der Waals surface area (Å²) in [4.78, 5) is 11.3. The first-order valence-corrected chi connectivity index (χ1v) is 8.29. The average Bonchev–Trinajstić information content (AvgIpc) is 2.55. The van der Waals surface area contributed by atoms with Crippen LogP contribution in [0.3, 0.4) is 0 Å². The number of carbonyl (C=O) groups is 1. The normalized spacial score (nSPS) is 21.7. The summed E-state index contributed by atoms with van der Waals surface area (Å²) >= 11 is 0. The van der Waals surface area contributed by atoms with Gasteiger partial charge in [-0.1, -0.05) is 56.9 Å². The maximum Gasteiger partial charge on any atom is 0.262 e. The van der Waals surface area contributed by atoms with Gasteiger partial charge in [0.2, 0.25) is 0 Å². The van der Waals surface area contributed by atoms with E-state index in [2.05, 4.69) is 6.92 Å². The van der Waals surface area contributed by atoms with Gasteiger partial charge >= 0.3 is 0 Å². The molecule has 0 spiro atoms. The molecule has 112 valence electrons. The Morgan fingerprint density at radius 3 is 2.38 bits per heavy atom. The number of nitrogens with zero attached hydrogens (tertiary/aromatic N) is 1. The Bertz CT molecular complexity index is 489. The molecule has 1 aromatic carbocycles. The van der Waals surface area contributed by atoms with Crippen LogP contribution in [0, 0.1) is 17.2 Å². The van der Waals surface area contributed by atoms with Crippen molar-refractivity contribution in [3.8, 4) is 6.07 Å². The largest absolute Gasteiger partial charge is 0.277 e. The zero-order valence-electron chi connectivity index (χ0n) is 13.0. The third-order valence-electron chi connectivity index (χ3n) is 4.81. The topological polar surface area (TPSA) is 40.9 Å². The first-order chi connectivity index (χ1) is 10.2. The minimum Gasteiger partial charge on any atom is -0.277 e. The van der Waals surface area contributed by atoms with E-state index in [9.17, 15) is 4.79 Å². The lowest BCUT2D eigenvalue weighted by Crippen LogP contribution is -2.13. The summed E-state index contributed by atoms with van der Waals surface area (Å²) in [5, 5.41) is 8.62. The Morgan fingerprint density at radius 1 is 1.14 bits per heavy atom. The molecule has 2 rings (SSSR count). The molecule has 1 aliphatic carbocycles. The Morgan fingerprint density at radius 2 is 1.81 bits per heavy atom. The number of hydrogen-bond acceptors (Lipinski definition) is 2. The minimum absolute atomic E-state index is 0.443. The van der Waals surface area contributed by atoms with Gasteiger partial charge in [-0.2, -0.15) is 5.26 Å². The fraction of sp³-hybridized carbons (Fsp3) is 0.579. The van der Waals surface area contributed by atoms with Gasteiger partial charge in [0.05, 0.1) is 0 Å². The SMILES string of the molecule is CCCCCC1CCC(c2ccc(C(=O)C#N)cc2)CC1. The van der Waals surface area contributed by atoms with E-state index in [1.54, 1.807) is 18.2 Å². The second-order valence-corrected chi connectivity index (χ2v) is 6.28. The fourth-order valence-electron chi connectivity index (χ4n) is 3.44. The molecule has 0 N–H and O–H groups in total. The van der Waals surface area contributed by atoms with Crippen LogP contribution in [0.5, 0.6) is 0 Å². The smallest absolute Gasteiger partial charge is 0.262 e. The van der Waals surface area contributed by atoms with Gasteiger partial charge in [0, 0.05) is 5.56 Å². The number of rotatable bonds is 6. The monoisotopic (exact) mass is 283 g/mol. The van der Waals surface area contributed by atoms with Crippen LogP contribution in [0.25, 0.3) is 0 Å². The summed E-state index contributed by atoms with van der Waals surface area (Å²) in [7, 11) is 0. The van der Waals surface area contributed by atoms with E-state index in [0.29, 0.717) is 11.5 Å². The highest BCUT2D eigenvalue weighted by Crippen LogP contribution is 2.37. The molecule has 0 atom stereocenters. The number of benzene rings is 1. The van der Waals surface area contributed by atoms with E-state index in [4.69, 9.17) is 5.26 Å². The lowest BCUT2D eigenvalue weighted by molar-refractivity contribution is 0.105. The van der Waals surface area contributed by atoms with Crippen molar-refractivity contribution in [2.45, 2.75) is 64.2 Å². The molecule has 0 amide bonds. The van der Waals surface area contributed by atoms with Crippen molar-refractivity contribution in [2.75, 3.05) is 0 Å². The maximum absolute atomic E-state index is 11.3. The number of nitriles is 1. The summed E-state index contributed by atoms with van der Waals surface area (Å²) in [5.74, 6) is 1.12. The molecule has 0 aromatic heterocycles. The number of unbranched alkanes of at least 4 members (excludes halogenated alkanes) is 2. The van der Waals surface area contributed by atoms with E-state index in [1.165, 1.54) is 56.9 Å². The van der Waals surface area contributed by atoms with E-state index in [0.717, 1.165) is 5.92 Å². The van der Waals surface area contributed by atoms with E-state index < -0.39 is 5.78 Å². The molecule has 0 radical (unpaired) electrons. The highest BCUT2D eigenvalue weighted by Gasteiger charge is 2.22. The van der Waals surface area contributed by atoms with Gasteiger partial charge in [-0.3, -0.25) is 4.79 Å². The van der Waals surface area contributed by atoms with E-state index in [1.807, 2.05) is 12.1 Å². The van der Waals surface area contributed by atoms with Crippen LogP contribution in [0.1, 0.15) is 80.1 Å². The van der Waals surface area contributed by atoms with Gasteiger partial charge in [-0.15, -0.1) is 0 Å². The van der Waals surface area contributed by atoms with Crippen LogP contribution >= 0.6 is 0 Å². The highest BCUT2D eigenvalue weighted by molar-refractivity contribution is 6.07. The molecule has 1 fully saturated rings. The third-order valence-corrected chi connectivity index (χ3v) is 4.81. The van der Waals surface area contributed by atoms with E-state index >= 15 is 0 Å². The van der Waals surface area contributed by atoms with Crippen LogP contribution in [0.2, 0.25) is 0 Å². The molecule has 0 unspecified atom stereocenters. The Balaban J connectivity index is 1.85. The van der Waals surface area contributed by atoms with E-state index in [-0.39, 0.29) is 0 Å². The summed E-state index contributed by atoms with van der Waals surface area (Å²) in [5.41, 5.74) is 1.84. The molecule has 1 saturated carbocycles. The van der Waals surface area contributed by atoms with Gasteiger partial charge in [0.15, 0.2) is 0 Å². The molecule has 1 aliphatic rings. The number of Topliss-reactive ketones (excluding diaryl/α,β-unsaturated/α-hetero) is 1. The Hall–Kier alpha value is -1.62. The Kier molecular flexibility index (Phi) is 5.99. The highest BCUT2D eigenvalue weighted by atomic mass is 16.1. The van der Waals surface area contributed by atoms with Crippen molar-refractivity contribution >= 4 is 5.78 Å². The zero-order chi connectivity index (χ0) is 15.1. The molecule has 21 heavy (non-hydrogen) atoms. The van der Waals surface area contributed by atoms with Gasteiger partial charge in [-0.05, 0) is 43.1 Å². The van der Waals surface area contributed by atoms with Gasteiger partial charge < -0.3 is 0 Å². The van der Waals surface area contributed by atoms with Crippen molar-refractivity contribution < 1.29 is 4.79 Å². The fourth-order valence-corrected chi connectivity index (χ4v) is 3.44. The quantitative estimate of drug-likeness (QED) is 0.406. The van der Waals surface area contributed by atoms with Crippen LogP contribution in [0.4, 0.5) is 0 Å². The lowest BCUT2D eigenvalue weighted by atomic mass is 9.77. The third kappa shape index (κ3) is 4.43. The van der Waals surface area contributed by atoms with Gasteiger partial charge in [0.1, 0.15) is 6.07 Å². The molecule has 1 aromatic rings. The Labute approximate surface area is 128 Å². The molecule has 0 heterocycles. The van der Waals surface area contributed by atoms with Crippen molar-refractivity contribution in [3.05, 3.63) is 35.4 Å². The van der Waals surface area contributed by atoms with Crippen LogP contribution < -0.4 is 0 Å². The van der Waals surface area contributed by atoms with Crippen molar-refractivity contribution in [1.82, 2.24) is 0 Å². The van der Waals surface area contributed by atoms with Crippen molar-refractivity contribution in [3.63, 3.8) is 0 Å². The van der Waals surface area contributed by atoms with Gasteiger partial charge in [-0.25, -0.2) is 0 Å². The zero-order valence-corrected chi connectivity index (χ0v) is 13.0. The van der Waals surface area contributed by atoms with Gasteiger partial charge in [0.25, 0.3) is 5.78 Å². The summed E-state index contributed by atoms with van der Waals surface area (Å²) in [6.45, 7) is 2.26. The number of carbonyl (C=O) groups excluding carboxylic acids is 1. The molecule has 2 nitrogen and oxygen atoms in total. The second-order valence-electron chi connectivity index (χ2n) is 6.28. The number of ketones is 1. The van der Waals surface area contributed by atoms with Crippen LogP contribution in [0.15, 0.2) is 24.3 Å². The maximum atomic E-state index is 11.3. The molecule has 0 saturated heterocycles. The predicted octanol–water partition coefficient (Wildman–Crippen LogP) is 5.25. The second kappa shape index (κ2) is 7.98. The average molecular weight is 283 g/mol. The van der Waals surface area contributed by atoms with Crippen LogP contribution in [-0.2, 0) is 0 Å². The molecular weight excluding hydrogens is 258 g/mol. The first-order valence-electron chi connectivity index (χ1n) is 8.29.